The second kappa shape index (κ2) is 22.0. The molecule has 3 spiro atoms. The van der Waals surface area contributed by atoms with Crippen molar-refractivity contribution >= 4 is 33.3 Å². The van der Waals surface area contributed by atoms with Gasteiger partial charge in [-0.05, 0) is 205 Å². The first-order valence-corrected chi connectivity index (χ1v) is 36.5. The van der Waals surface area contributed by atoms with Crippen LogP contribution in [0, 0.1) is 92.2 Å². The highest BCUT2D eigenvalue weighted by molar-refractivity contribution is 8.77. The van der Waals surface area contributed by atoms with Gasteiger partial charge in [-0.2, -0.15) is 0 Å². The molecule has 10 fully saturated rings. The lowest BCUT2D eigenvalue weighted by Crippen LogP contribution is -2.72. The molecule has 13 nitrogen and oxygen atoms in total. The maximum absolute atomic E-state index is 16.4. The highest BCUT2D eigenvalue weighted by Gasteiger charge is 2.80. The minimum absolute atomic E-state index is 0.0305. The first-order valence-electron chi connectivity index (χ1n) is 34.2. The van der Waals surface area contributed by atoms with Crippen LogP contribution in [0.1, 0.15) is 200 Å². The molecule has 10 N–H and O–H groups in total. The summed E-state index contributed by atoms with van der Waals surface area (Å²) in [5, 5.41) is 85.9. The fourth-order valence-corrected chi connectivity index (χ4v) is 29.6. The first-order chi connectivity index (χ1) is 40.4. The normalized spacial score (nSPS) is 45.5. The van der Waals surface area contributed by atoms with Gasteiger partial charge in [0, 0.05) is 77.0 Å². The number of nitrogens with one attached hydrogen (secondary N) is 2. The Hall–Kier alpha value is -2.21. The van der Waals surface area contributed by atoms with Crippen molar-refractivity contribution in [3.63, 3.8) is 0 Å². The predicted octanol–water partition coefficient (Wildman–Crippen LogP) is 10.4. The fraction of sp³-hybridized carbons (Fsp3) is 0.841. The number of rotatable bonds is 8. The van der Waals surface area contributed by atoms with Gasteiger partial charge in [0.25, 0.3) is 0 Å². The van der Waals surface area contributed by atoms with Gasteiger partial charge < -0.3 is 51.6 Å². The van der Waals surface area contributed by atoms with Crippen molar-refractivity contribution in [3.05, 3.63) is 52.7 Å². The van der Waals surface area contributed by atoms with E-state index in [1.54, 1.807) is 23.6 Å². The Kier molecular flexibility index (Phi) is 15.6. The van der Waals surface area contributed by atoms with E-state index in [9.17, 15) is 25.5 Å². The Bertz CT molecular complexity index is 2780. The van der Waals surface area contributed by atoms with E-state index in [-0.39, 0.29) is 89.1 Å². The zero-order valence-corrected chi connectivity index (χ0v) is 52.9. The molecule has 0 amide bonds. The number of aliphatic hydroxyl groups excluding tert-OH is 5. The number of guanidine groups is 1. The third-order valence-corrected chi connectivity index (χ3v) is 31.2. The number of hydrogen-bond acceptors (Lipinski definition) is 12. The molecule has 19 atom stereocenters. The number of nitrogens with two attached hydrogens (primary N) is 1. The monoisotopic (exact) mass is 1190 g/mol. The number of aliphatic imine (C=N–C) groups is 1. The summed E-state index contributed by atoms with van der Waals surface area (Å²) in [7, 11) is 5.97. The second-order valence-corrected chi connectivity index (χ2v) is 34.1. The molecule has 4 bridgehead atoms. The number of nitrogens with zero attached hydrogens (tertiary/aromatic N) is 3. The third-order valence-electron chi connectivity index (χ3n) is 27.7. The summed E-state index contributed by atoms with van der Waals surface area (Å²) in [4.78, 5) is 26.3. The lowest BCUT2D eigenvalue weighted by molar-refractivity contribution is -0.215. The minimum Gasteiger partial charge on any atom is -0.396 e. The SMILES string of the molecule is CNC[C@@H]1[C@@H](O)[C@@H](O)C[C@]2(C3CCCCC3)[C@@H]3C(=CC(=O)[C@H]12)[C@]1(O)[C@@H]2C[C@H]([C@@H]4C[C@@H]5CCCC6=C5[C@H](C(=C5CCCC7(CCCC7)[C@H]65)C(C)(C)C[C@H](n5ccnc5)CSS[C@@]25CCCC52CCCC2)[C@H]4O)[C@@]1(CO)C[C@@H]3CN=C(N)N[C@@H](C)O. The van der Waals surface area contributed by atoms with E-state index in [1.165, 1.54) is 44.1 Å². The Morgan fingerprint density at radius 3 is 2.35 bits per heavy atom. The van der Waals surface area contributed by atoms with Crippen molar-refractivity contribution < 1.29 is 35.4 Å². The van der Waals surface area contributed by atoms with Crippen LogP contribution in [0.3, 0.4) is 0 Å². The molecule has 12 aliphatic carbocycles. The maximum Gasteiger partial charge on any atom is 0.190 e. The number of imidazole rings is 1. The summed E-state index contributed by atoms with van der Waals surface area (Å²) >= 11 is 0. The number of hydrogen-bond donors (Lipinski definition) is 9. The largest absolute Gasteiger partial charge is 0.396 e. The van der Waals surface area contributed by atoms with E-state index >= 15 is 9.90 Å². The standard InChI is InChI=1S/C69H104N6O7S2/c1-40(77)74-62(70)73-35-42-32-66(38-76)49-31-53(69(66,82)50-30-51(78)58-48(36-71-4)60(80)52(79)34-67(58,56(42)50)43-16-6-5-7-17-43)68(26-14-25-65(68)23-10-11-24-65)84-83-37-44(75-28-27-72-39-75)33-63(2,3)59-46-19-13-22-64(20-8-9-21-64)57(46)45-18-12-15-41-29-47(49)61(81)55(59)54(41)45/h27-28,30,39-44,47-49,52-53,55-58,60-61,71,76-77,79-82H,5-26,29,31-38H2,1-4H3,(H3,70,73,74)/t40-,41+,42-,44+,47+,48+,49-,52+,53-,55-,56+,57-,58+,60-,61+,66+,67+,68+,69+/m1/s1. The van der Waals surface area contributed by atoms with Gasteiger partial charge in [-0.25, -0.2) is 4.98 Å². The number of ketones is 1. The Labute approximate surface area is 509 Å². The van der Waals surface area contributed by atoms with Crippen molar-refractivity contribution in [3.8, 4) is 0 Å². The molecular formula is C69H104N6O7S2. The molecule has 13 aliphatic rings. The van der Waals surface area contributed by atoms with Crippen LogP contribution in [0.4, 0.5) is 0 Å². The molecule has 464 valence electrons. The molecule has 1 aromatic rings. The molecule has 2 heterocycles. The van der Waals surface area contributed by atoms with Gasteiger partial charge in [-0.15, -0.1) is 0 Å². The Morgan fingerprint density at radius 2 is 1.62 bits per heavy atom. The number of carbonyl (C=O) groups excluding carboxylic acids is 1. The topological polar surface area (TPSA) is 219 Å². The van der Waals surface area contributed by atoms with Gasteiger partial charge >= 0.3 is 0 Å². The highest BCUT2D eigenvalue weighted by Crippen LogP contribution is 2.81. The third kappa shape index (κ3) is 8.54. The fourth-order valence-electron chi connectivity index (χ4n) is 25.3. The summed E-state index contributed by atoms with van der Waals surface area (Å²) in [6.45, 7) is 7.00. The van der Waals surface area contributed by atoms with Crippen LogP contribution in [-0.2, 0) is 4.79 Å². The van der Waals surface area contributed by atoms with Gasteiger partial charge in [0.1, 0.15) is 6.23 Å². The van der Waals surface area contributed by atoms with Crippen molar-refractivity contribution in [1.29, 1.82) is 0 Å². The van der Waals surface area contributed by atoms with Crippen molar-refractivity contribution in [2.45, 2.75) is 235 Å². The molecular weight excluding hydrogens is 1090 g/mol. The summed E-state index contributed by atoms with van der Waals surface area (Å²) in [5.41, 5.74) is 10.2. The molecule has 15 heteroatoms. The number of aliphatic hydroxyl groups is 6. The summed E-state index contributed by atoms with van der Waals surface area (Å²) in [6.07, 6.45) is 31.8. The molecule has 0 radical (unpaired) electrons. The highest BCUT2D eigenvalue weighted by atomic mass is 33.1. The number of carbonyl (C=O) groups is 1. The van der Waals surface area contributed by atoms with Crippen LogP contribution in [0.2, 0.25) is 0 Å². The first kappa shape index (κ1) is 59.4. The van der Waals surface area contributed by atoms with E-state index < -0.39 is 63.5 Å². The van der Waals surface area contributed by atoms with Gasteiger partial charge in [0.2, 0.25) is 0 Å². The number of aromatic nitrogens is 2. The lowest BCUT2D eigenvalue weighted by atomic mass is 9.37. The maximum atomic E-state index is 16.4. The van der Waals surface area contributed by atoms with Crippen molar-refractivity contribution in [2.24, 2.45) is 103 Å². The van der Waals surface area contributed by atoms with E-state index in [0.29, 0.717) is 31.2 Å². The van der Waals surface area contributed by atoms with Crippen LogP contribution in [0.15, 0.2) is 57.7 Å². The Balaban J connectivity index is 1.03. The zero-order chi connectivity index (χ0) is 58.3. The molecule has 14 rings (SSSR count). The van der Waals surface area contributed by atoms with Gasteiger partial charge in [0.15, 0.2) is 11.7 Å². The summed E-state index contributed by atoms with van der Waals surface area (Å²) < 4.78 is 1.96. The van der Waals surface area contributed by atoms with Gasteiger partial charge in [0.05, 0.1) is 36.8 Å². The smallest absolute Gasteiger partial charge is 0.190 e. The molecule has 1 aliphatic heterocycles. The Morgan fingerprint density at radius 1 is 0.881 bits per heavy atom. The minimum atomic E-state index is -1.68. The zero-order valence-electron chi connectivity index (χ0n) is 51.3. The molecule has 1 aromatic heterocycles. The predicted molar refractivity (Wildman–Crippen MR) is 333 cm³/mol. The van der Waals surface area contributed by atoms with Crippen molar-refractivity contribution in [2.75, 3.05) is 32.5 Å². The number of allylic oxidation sites excluding steroid dienone is 3. The van der Waals surface area contributed by atoms with Crippen molar-refractivity contribution in [1.82, 2.24) is 20.2 Å². The van der Waals surface area contributed by atoms with Gasteiger partial charge in [-0.3, -0.25) is 9.79 Å². The average Bonchev–Trinajstić information content (AvgIpc) is 1.35. The van der Waals surface area contributed by atoms with Crippen LogP contribution in [0.5, 0.6) is 0 Å². The molecule has 0 unspecified atom stereocenters. The quantitative estimate of drug-likeness (QED) is 0.0390. The van der Waals surface area contributed by atoms with E-state index in [0.717, 1.165) is 127 Å². The van der Waals surface area contributed by atoms with E-state index in [2.05, 4.69) is 46.0 Å². The van der Waals surface area contributed by atoms with Crippen LogP contribution in [0.25, 0.3) is 0 Å². The lowest BCUT2D eigenvalue weighted by Gasteiger charge is -2.68. The average molecular weight is 1190 g/mol. The van der Waals surface area contributed by atoms with E-state index in [4.69, 9.17) is 15.7 Å². The molecule has 84 heavy (non-hydrogen) atoms. The molecule has 1 saturated heterocycles. The molecule has 9 saturated carbocycles. The van der Waals surface area contributed by atoms with Crippen LogP contribution < -0.4 is 16.4 Å². The van der Waals surface area contributed by atoms with Gasteiger partial charge in [-0.1, -0.05) is 109 Å². The van der Waals surface area contributed by atoms with E-state index in [1.807, 2.05) is 36.4 Å². The van der Waals surface area contributed by atoms with Crippen LogP contribution in [-0.4, -0.2) is 119 Å². The number of fused-ring (bicyclic) bond motifs is 16. The summed E-state index contributed by atoms with van der Waals surface area (Å²) in [5.74, 6) is -1.31. The second-order valence-electron chi connectivity index (χ2n) is 31.5. The summed E-state index contributed by atoms with van der Waals surface area (Å²) in [6, 6.07) is 0.127. The molecule has 0 aromatic carbocycles. The van der Waals surface area contributed by atoms with Crippen LogP contribution >= 0.6 is 21.6 Å².